The zero-order chi connectivity index (χ0) is 12.8. The molecule has 0 aliphatic carbocycles. The van der Waals surface area contributed by atoms with E-state index in [4.69, 9.17) is 0 Å². The van der Waals surface area contributed by atoms with Crippen LogP contribution < -0.4 is 5.32 Å². The molecule has 2 rings (SSSR count). The van der Waals surface area contributed by atoms with Crippen molar-refractivity contribution in [2.45, 2.75) is 31.2 Å². The van der Waals surface area contributed by atoms with Gasteiger partial charge in [0.25, 0.3) is 0 Å². The number of rotatable bonds is 5. The summed E-state index contributed by atoms with van der Waals surface area (Å²) in [4.78, 5) is 1.37. The molecule has 1 saturated heterocycles. The van der Waals surface area contributed by atoms with Gasteiger partial charge in [0.15, 0.2) is 0 Å². The van der Waals surface area contributed by atoms with Gasteiger partial charge < -0.3 is 5.32 Å². The summed E-state index contributed by atoms with van der Waals surface area (Å²) in [6.07, 6.45) is 1.32. The smallest absolute Gasteiger partial charge is 0.0163 e. The van der Waals surface area contributed by atoms with Crippen LogP contribution in [0.2, 0.25) is 0 Å². The minimum Gasteiger partial charge on any atom is -0.312 e. The van der Waals surface area contributed by atoms with Crippen molar-refractivity contribution < 1.29 is 0 Å². The van der Waals surface area contributed by atoms with Gasteiger partial charge in [0, 0.05) is 29.0 Å². The molecule has 3 heteroatoms. The van der Waals surface area contributed by atoms with Crippen molar-refractivity contribution in [1.82, 2.24) is 5.32 Å². The molecule has 1 fully saturated rings. The fraction of sp³-hybridized carbons (Fsp3) is 0.600. The Kier molecular flexibility index (Phi) is 5.46. The second-order valence-electron chi connectivity index (χ2n) is 5.70. The van der Waals surface area contributed by atoms with Crippen LogP contribution in [-0.2, 0) is 0 Å². The van der Waals surface area contributed by atoms with E-state index in [1.807, 2.05) is 11.8 Å². The van der Waals surface area contributed by atoms with E-state index in [2.05, 4.69) is 61.3 Å². The van der Waals surface area contributed by atoms with Crippen molar-refractivity contribution in [2.75, 3.05) is 23.8 Å². The average Bonchev–Trinajstić information content (AvgIpc) is 2.35. The van der Waals surface area contributed by atoms with Crippen LogP contribution in [0, 0.1) is 5.41 Å². The summed E-state index contributed by atoms with van der Waals surface area (Å²) >= 11 is 4.03. The maximum atomic E-state index is 3.71. The summed E-state index contributed by atoms with van der Waals surface area (Å²) < 4.78 is 0. The summed E-state index contributed by atoms with van der Waals surface area (Å²) in [6.45, 7) is 5.87. The SMILES string of the molecule is CC1(C)CSCC(NCCSc2ccccc2)C1. The molecule has 0 radical (unpaired) electrons. The van der Waals surface area contributed by atoms with Crippen LogP contribution in [0.4, 0.5) is 0 Å². The highest BCUT2D eigenvalue weighted by Gasteiger charge is 2.27. The predicted molar refractivity (Wildman–Crippen MR) is 84.7 cm³/mol. The van der Waals surface area contributed by atoms with Crippen molar-refractivity contribution in [3.8, 4) is 0 Å². The highest BCUT2D eigenvalue weighted by atomic mass is 32.2. The van der Waals surface area contributed by atoms with E-state index in [0.29, 0.717) is 11.5 Å². The minimum atomic E-state index is 0.507. The lowest BCUT2D eigenvalue weighted by molar-refractivity contribution is 0.321. The molecule has 0 spiro atoms. The fourth-order valence-corrected chi connectivity index (χ4v) is 4.46. The van der Waals surface area contributed by atoms with Gasteiger partial charge >= 0.3 is 0 Å². The molecule has 1 heterocycles. The molecule has 1 nitrogen and oxygen atoms in total. The normalized spacial score (nSPS) is 22.9. The van der Waals surface area contributed by atoms with Crippen LogP contribution >= 0.6 is 23.5 Å². The Morgan fingerprint density at radius 1 is 1.33 bits per heavy atom. The first kappa shape index (κ1) is 14.3. The van der Waals surface area contributed by atoms with Gasteiger partial charge in [-0.05, 0) is 29.7 Å². The predicted octanol–water partition coefficient (Wildman–Crippen LogP) is 3.90. The molecule has 1 aliphatic rings. The van der Waals surface area contributed by atoms with Crippen molar-refractivity contribution in [1.29, 1.82) is 0 Å². The van der Waals surface area contributed by atoms with Gasteiger partial charge in [-0.1, -0.05) is 32.0 Å². The highest BCUT2D eigenvalue weighted by molar-refractivity contribution is 7.99. The quantitative estimate of drug-likeness (QED) is 0.649. The van der Waals surface area contributed by atoms with E-state index in [9.17, 15) is 0 Å². The van der Waals surface area contributed by atoms with E-state index in [0.717, 1.165) is 12.3 Å². The summed E-state index contributed by atoms with van der Waals surface area (Å²) in [7, 11) is 0. The Morgan fingerprint density at radius 3 is 2.83 bits per heavy atom. The molecule has 0 saturated carbocycles. The third kappa shape index (κ3) is 4.87. The van der Waals surface area contributed by atoms with Crippen molar-refractivity contribution in [3.63, 3.8) is 0 Å². The van der Waals surface area contributed by atoms with Crippen molar-refractivity contribution >= 4 is 23.5 Å². The van der Waals surface area contributed by atoms with Crippen LogP contribution in [-0.4, -0.2) is 29.8 Å². The Balaban J connectivity index is 1.64. The van der Waals surface area contributed by atoms with E-state index in [1.165, 1.54) is 22.8 Å². The molecular formula is C15H23NS2. The second kappa shape index (κ2) is 6.88. The molecule has 1 aliphatic heterocycles. The van der Waals surface area contributed by atoms with Crippen LogP contribution in [0.1, 0.15) is 20.3 Å². The lowest BCUT2D eigenvalue weighted by atomic mass is 9.88. The molecule has 1 aromatic carbocycles. The molecular weight excluding hydrogens is 258 g/mol. The first-order valence-electron chi connectivity index (χ1n) is 6.65. The second-order valence-corrected chi connectivity index (χ2v) is 7.89. The van der Waals surface area contributed by atoms with Crippen molar-refractivity contribution in [3.05, 3.63) is 30.3 Å². The molecule has 0 aromatic heterocycles. The highest BCUT2D eigenvalue weighted by Crippen LogP contribution is 2.33. The molecule has 1 unspecified atom stereocenters. The molecule has 0 amide bonds. The minimum absolute atomic E-state index is 0.507. The lowest BCUT2D eigenvalue weighted by Gasteiger charge is -2.35. The van der Waals surface area contributed by atoms with Crippen LogP contribution in [0.3, 0.4) is 0 Å². The average molecular weight is 281 g/mol. The molecule has 1 N–H and O–H groups in total. The maximum Gasteiger partial charge on any atom is 0.0163 e. The topological polar surface area (TPSA) is 12.0 Å². The number of nitrogens with one attached hydrogen (secondary N) is 1. The van der Waals surface area contributed by atoms with Crippen LogP contribution in [0.25, 0.3) is 0 Å². The van der Waals surface area contributed by atoms with E-state index < -0.39 is 0 Å². The molecule has 1 aromatic rings. The van der Waals surface area contributed by atoms with Gasteiger partial charge in [-0.15, -0.1) is 11.8 Å². The van der Waals surface area contributed by atoms with Gasteiger partial charge in [-0.3, -0.25) is 0 Å². The van der Waals surface area contributed by atoms with Crippen LogP contribution in [0.5, 0.6) is 0 Å². The summed E-state index contributed by atoms with van der Waals surface area (Å²) in [5.41, 5.74) is 0.507. The Labute approximate surface area is 120 Å². The first-order valence-corrected chi connectivity index (χ1v) is 8.79. The zero-order valence-electron chi connectivity index (χ0n) is 11.3. The third-order valence-corrected chi connectivity index (χ3v) is 5.80. The van der Waals surface area contributed by atoms with Gasteiger partial charge in [0.1, 0.15) is 0 Å². The molecule has 0 bridgehead atoms. The summed E-state index contributed by atoms with van der Waals surface area (Å²) in [5.74, 6) is 3.75. The fourth-order valence-electron chi connectivity index (χ4n) is 2.34. The Hall–Kier alpha value is -0.120. The van der Waals surface area contributed by atoms with Crippen LogP contribution in [0.15, 0.2) is 35.2 Å². The van der Waals surface area contributed by atoms with Gasteiger partial charge in [0.2, 0.25) is 0 Å². The number of benzene rings is 1. The van der Waals surface area contributed by atoms with Gasteiger partial charge in [0.05, 0.1) is 0 Å². The zero-order valence-corrected chi connectivity index (χ0v) is 12.9. The van der Waals surface area contributed by atoms with E-state index in [-0.39, 0.29) is 0 Å². The largest absolute Gasteiger partial charge is 0.312 e. The Bertz CT molecular complexity index is 351. The maximum absolute atomic E-state index is 3.71. The van der Waals surface area contributed by atoms with Gasteiger partial charge in [-0.25, -0.2) is 0 Å². The molecule has 18 heavy (non-hydrogen) atoms. The summed E-state index contributed by atoms with van der Waals surface area (Å²) in [6, 6.07) is 11.4. The van der Waals surface area contributed by atoms with Crippen molar-refractivity contribution in [2.24, 2.45) is 5.41 Å². The van der Waals surface area contributed by atoms with Gasteiger partial charge in [-0.2, -0.15) is 11.8 Å². The monoisotopic (exact) mass is 281 g/mol. The molecule has 100 valence electrons. The molecule has 1 atom stereocenters. The van der Waals surface area contributed by atoms with E-state index >= 15 is 0 Å². The number of thioether (sulfide) groups is 2. The standard InChI is InChI=1S/C15H23NS2/c1-15(2)10-13(11-17-12-15)16-8-9-18-14-6-4-3-5-7-14/h3-7,13,16H,8-12H2,1-2H3. The Morgan fingerprint density at radius 2 is 2.11 bits per heavy atom. The van der Waals surface area contributed by atoms with E-state index in [1.54, 1.807) is 0 Å². The number of hydrogen-bond donors (Lipinski definition) is 1. The first-order chi connectivity index (χ1) is 8.66. The summed E-state index contributed by atoms with van der Waals surface area (Å²) in [5, 5.41) is 3.71. The third-order valence-electron chi connectivity index (χ3n) is 3.16. The lowest BCUT2D eigenvalue weighted by Crippen LogP contribution is -2.41. The number of hydrogen-bond acceptors (Lipinski definition) is 3.